The third-order valence-electron chi connectivity index (χ3n) is 3.49. The summed E-state index contributed by atoms with van der Waals surface area (Å²) >= 11 is 0. The van der Waals surface area contributed by atoms with Gasteiger partial charge in [0.05, 0.1) is 0 Å². The molecule has 0 aliphatic carbocycles. The van der Waals surface area contributed by atoms with Gasteiger partial charge in [0.25, 0.3) is 0 Å². The van der Waals surface area contributed by atoms with E-state index in [0.717, 1.165) is 24.2 Å². The van der Waals surface area contributed by atoms with E-state index >= 15 is 0 Å². The second kappa shape index (κ2) is 7.83. The second-order valence-electron chi connectivity index (χ2n) is 5.04. The molecule has 2 nitrogen and oxygen atoms in total. The molecule has 0 fully saturated rings. The van der Waals surface area contributed by atoms with Crippen LogP contribution < -0.4 is 5.32 Å². The zero-order chi connectivity index (χ0) is 14.2. The van der Waals surface area contributed by atoms with Gasteiger partial charge < -0.3 is 10.4 Å². The summed E-state index contributed by atoms with van der Waals surface area (Å²) in [6, 6.07) is 17.9. The predicted molar refractivity (Wildman–Crippen MR) is 83.6 cm³/mol. The van der Waals surface area contributed by atoms with E-state index in [1.54, 1.807) is 0 Å². The van der Waals surface area contributed by atoms with E-state index in [4.69, 9.17) is 0 Å². The number of hydrogen-bond acceptors (Lipinski definition) is 2. The lowest BCUT2D eigenvalue weighted by molar-refractivity contribution is 0.219. The Bertz CT molecular complexity index is 510. The zero-order valence-electron chi connectivity index (χ0n) is 12.0. The summed E-state index contributed by atoms with van der Waals surface area (Å²) in [7, 11) is 0. The van der Waals surface area contributed by atoms with Crippen LogP contribution in [0.4, 0.5) is 0 Å². The van der Waals surface area contributed by atoms with E-state index in [-0.39, 0.29) is 0 Å². The van der Waals surface area contributed by atoms with Crippen molar-refractivity contribution in [2.24, 2.45) is 0 Å². The Balaban J connectivity index is 2.11. The van der Waals surface area contributed by atoms with Gasteiger partial charge in [0, 0.05) is 6.54 Å². The van der Waals surface area contributed by atoms with Crippen LogP contribution >= 0.6 is 0 Å². The molecule has 0 aliphatic rings. The number of unbranched alkanes of at least 4 members (excludes halogenated alkanes) is 1. The van der Waals surface area contributed by atoms with Crippen LogP contribution in [0.3, 0.4) is 0 Å². The normalized spacial score (nSPS) is 12.3. The minimum absolute atomic E-state index is 0.555. The first-order valence-corrected chi connectivity index (χ1v) is 7.34. The van der Waals surface area contributed by atoms with Gasteiger partial charge >= 0.3 is 0 Å². The Kier molecular flexibility index (Phi) is 5.78. The fraction of sp³-hybridized carbons (Fsp3) is 0.333. The molecule has 0 amide bonds. The molecule has 2 rings (SSSR count). The van der Waals surface area contributed by atoms with Crippen LogP contribution in [-0.4, -0.2) is 11.7 Å². The second-order valence-corrected chi connectivity index (χ2v) is 5.04. The van der Waals surface area contributed by atoms with Crippen LogP contribution in [0.25, 0.3) is 0 Å². The summed E-state index contributed by atoms with van der Waals surface area (Å²) in [5.41, 5.74) is 3.09. The zero-order valence-corrected chi connectivity index (χ0v) is 12.0. The maximum Gasteiger partial charge on any atom is 0.104 e. The minimum Gasteiger partial charge on any atom is -0.384 e. The Morgan fingerprint density at radius 3 is 2.45 bits per heavy atom. The summed E-state index contributed by atoms with van der Waals surface area (Å²) in [5.74, 6) is 0. The van der Waals surface area contributed by atoms with Gasteiger partial charge in [-0.25, -0.2) is 0 Å². The molecule has 1 atom stereocenters. The van der Waals surface area contributed by atoms with Crippen molar-refractivity contribution in [3.05, 3.63) is 71.3 Å². The molecule has 0 saturated heterocycles. The first-order chi connectivity index (χ1) is 9.83. The fourth-order valence-electron chi connectivity index (χ4n) is 2.30. The van der Waals surface area contributed by atoms with Crippen LogP contribution in [0.2, 0.25) is 0 Å². The smallest absolute Gasteiger partial charge is 0.104 e. The highest BCUT2D eigenvalue weighted by Gasteiger charge is 2.13. The molecule has 0 saturated carbocycles. The lowest BCUT2D eigenvalue weighted by Gasteiger charge is -2.16. The molecule has 2 aromatic rings. The minimum atomic E-state index is -0.555. The van der Waals surface area contributed by atoms with Crippen LogP contribution in [0.5, 0.6) is 0 Å². The standard InChI is InChI=1S/C18H23NO/c1-2-3-13-19-14-16-11-7-8-12-17(16)18(20)15-9-5-4-6-10-15/h4-12,18-20H,2-3,13-14H2,1H3. The van der Waals surface area contributed by atoms with E-state index in [2.05, 4.69) is 18.3 Å². The van der Waals surface area contributed by atoms with Crippen LogP contribution in [-0.2, 0) is 6.54 Å². The number of hydrogen-bond donors (Lipinski definition) is 2. The fourth-order valence-corrected chi connectivity index (χ4v) is 2.30. The third kappa shape index (κ3) is 3.92. The number of aliphatic hydroxyl groups is 1. The van der Waals surface area contributed by atoms with E-state index in [0.29, 0.717) is 0 Å². The Morgan fingerprint density at radius 1 is 1.00 bits per heavy atom. The van der Waals surface area contributed by atoms with E-state index in [9.17, 15) is 5.11 Å². The van der Waals surface area contributed by atoms with Gasteiger partial charge in [0.2, 0.25) is 0 Å². The first-order valence-electron chi connectivity index (χ1n) is 7.34. The van der Waals surface area contributed by atoms with Gasteiger partial charge in [0.1, 0.15) is 6.10 Å². The number of benzene rings is 2. The predicted octanol–water partition coefficient (Wildman–Crippen LogP) is 3.66. The van der Waals surface area contributed by atoms with Crippen molar-refractivity contribution < 1.29 is 5.11 Å². The Morgan fingerprint density at radius 2 is 1.70 bits per heavy atom. The van der Waals surface area contributed by atoms with Crippen molar-refractivity contribution in [3.63, 3.8) is 0 Å². The van der Waals surface area contributed by atoms with Crippen molar-refractivity contribution >= 4 is 0 Å². The molecule has 106 valence electrons. The first kappa shape index (κ1) is 14.8. The molecule has 20 heavy (non-hydrogen) atoms. The SMILES string of the molecule is CCCCNCc1ccccc1C(O)c1ccccc1. The molecular weight excluding hydrogens is 246 g/mol. The van der Waals surface area contributed by atoms with Crippen LogP contribution in [0.15, 0.2) is 54.6 Å². The Labute approximate surface area is 121 Å². The van der Waals surface area contributed by atoms with Crippen molar-refractivity contribution in [1.82, 2.24) is 5.32 Å². The van der Waals surface area contributed by atoms with Crippen molar-refractivity contribution in [1.29, 1.82) is 0 Å². The van der Waals surface area contributed by atoms with Crippen molar-refractivity contribution in [2.75, 3.05) is 6.54 Å². The highest BCUT2D eigenvalue weighted by Crippen LogP contribution is 2.24. The average molecular weight is 269 g/mol. The Hall–Kier alpha value is -1.64. The molecule has 2 aromatic carbocycles. The van der Waals surface area contributed by atoms with Crippen molar-refractivity contribution in [3.8, 4) is 0 Å². The monoisotopic (exact) mass is 269 g/mol. The molecule has 0 aliphatic heterocycles. The third-order valence-corrected chi connectivity index (χ3v) is 3.49. The summed E-state index contributed by atoms with van der Waals surface area (Å²) in [6.45, 7) is 4.01. The molecular formula is C18H23NO. The molecule has 0 radical (unpaired) electrons. The molecule has 1 unspecified atom stereocenters. The summed E-state index contributed by atoms with van der Waals surface area (Å²) in [4.78, 5) is 0. The van der Waals surface area contributed by atoms with E-state index in [1.165, 1.54) is 18.4 Å². The molecule has 0 heterocycles. The summed E-state index contributed by atoms with van der Waals surface area (Å²) in [6.07, 6.45) is 1.82. The van der Waals surface area contributed by atoms with Gasteiger partial charge in [-0.1, -0.05) is 67.9 Å². The number of rotatable bonds is 7. The van der Waals surface area contributed by atoms with Gasteiger partial charge in [-0.05, 0) is 29.7 Å². The number of aliphatic hydroxyl groups excluding tert-OH is 1. The summed E-state index contributed by atoms with van der Waals surface area (Å²) < 4.78 is 0. The molecule has 2 heteroatoms. The van der Waals surface area contributed by atoms with Gasteiger partial charge in [0.15, 0.2) is 0 Å². The lowest BCUT2D eigenvalue weighted by atomic mass is 9.97. The van der Waals surface area contributed by atoms with Crippen LogP contribution in [0.1, 0.15) is 42.6 Å². The molecule has 0 aromatic heterocycles. The van der Waals surface area contributed by atoms with Crippen molar-refractivity contribution in [2.45, 2.75) is 32.4 Å². The topological polar surface area (TPSA) is 32.3 Å². The molecule has 0 spiro atoms. The quantitative estimate of drug-likeness (QED) is 0.752. The van der Waals surface area contributed by atoms with Gasteiger partial charge in [-0.3, -0.25) is 0 Å². The average Bonchev–Trinajstić information content (AvgIpc) is 2.52. The maximum atomic E-state index is 10.5. The highest BCUT2D eigenvalue weighted by molar-refractivity contribution is 5.35. The van der Waals surface area contributed by atoms with Crippen LogP contribution in [0, 0.1) is 0 Å². The largest absolute Gasteiger partial charge is 0.384 e. The number of nitrogens with one attached hydrogen (secondary N) is 1. The lowest BCUT2D eigenvalue weighted by Crippen LogP contribution is -2.16. The molecule has 2 N–H and O–H groups in total. The highest BCUT2D eigenvalue weighted by atomic mass is 16.3. The summed E-state index contributed by atoms with van der Waals surface area (Å²) in [5, 5.41) is 14.0. The van der Waals surface area contributed by atoms with Gasteiger partial charge in [-0.2, -0.15) is 0 Å². The van der Waals surface area contributed by atoms with E-state index in [1.807, 2.05) is 48.5 Å². The van der Waals surface area contributed by atoms with E-state index < -0.39 is 6.10 Å². The maximum absolute atomic E-state index is 10.5. The molecule has 0 bridgehead atoms. The van der Waals surface area contributed by atoms with Gasteiger partial charge in [-0.15, -0.1) is 0 Å².